The van der Waals surface area contributed by atoms with Crippen LogP contribution in [0.1, 0.15) is 27.7 Å². The van der Waals surface area contributed by atoms with Crippen LogP contribution in [0.4, 0.5) is 0 Å². The first-order chi connectivity index (χ1) is 9.90. The van der Waals surface area contributed by atoms with Crippen LogP contribution in [0, 0.1) is 0 Å². The van der Waals surface area contributed by atoms with E-state index >= 15 is 0 Å². The average Bonchev–Trinajstić information content (AvgIpc) is 2.40. The minimum atomic E-state index is -0.928. The molecular formula is C14H20N2O2S4. The molecule has 22 heavy (non-hydrogen) atoms. The third kappa shape index (κ3) is 2.85. The molecule has 0 heterocycles. The zero-order chi connectivity index (χ0) is 17.4. The Labute approximate surface area is 153 Å². The van der Waals surface area contributed by atoms with Crippen LogP contribution in [0.2, 0.25) is 0 Å². The summed E-state index contributed by atoms with van der Waals surface area (Å²) >= 11 is 18.8. The van der Waals surface area contributed by atoms with Crippen LogP contribution >= 0.6 is 50.5 Å². The lowest BCUT2D eigenvalue weighted by atomic mass is 9.68. The molecule has 4 unspecified atom stereocenters. The van der Waals surface area contributed by atoms with Crippen molar-refractivity contribution in [1.29, 1.82) is 0 Å². The van der Waals surface area contributed by atoms with Crippen molar-refractivity contribution >= 4 is 62.7 Å². The predicted molar refractivity (Wildman–Crippen MR) is 103 cm³/mol. The van der Waals surface area contributed by atoms with Crippen LogP contribution in [-0.4, -0.2) is 43.2 Å². The summed E-state index contributed by atoms with van der Waals surface area (Å²) in [7, 11) is 0. The Bertz CT molecular complexity index is 579. The Morgan fingerprint density at radius 3 is 1.91 bits per heavy atom. The van der Waals surface area contributed by atoms with Gasteiger partial charge in [0.05, 0.1) is 20.6 Å². The number of carbonyl (C=O) groups excluding carboxylic acids is 2. The van der Waals surface area contributed by atoms with E-state index in [0.29, 0.717) is 0 Å². The number of rotatable bonds is 4. The molecule has 4 nitrogen and oxygen atoms in total. The molecule has 0 amide bonds. The summed E-state index contributed by atoms with van der Waals surface area (Å²) in [5, 5.41) is -0.847. The van der Waals surface area contributed by atoms with E-state index in [2.05, 4.69) is 22.6 Å². The van der Waals surface area contributed by atoms with E-state index in [1.807, 2.05) is 12.2 Å². The van der Waals surface area contributed by atoms with Crippen molar-refractivity contribution in [1.82, 2.24) is 0 Å². The van der Waals surface area contributed by atoms with Gasteiger partial charge in [-0.15, -0.1) is 0 Å². The van der Waals surface area contributed by atoms with Crippen molar-refractivity contribution in [3.05, 3.63) is 12.2 Å². The molecule has 0 aromatic heterocycles. The fourth-order valence-corrected chi connectivity index (χ4v) is 4.94. The molecule has 1 rings (SSSR count). The van der Waals surface area contributed by atoms with Gasteiger partial charge in [-0.3, -0.25) is 0 Å². The lowest BCUT2D eigenvalue weighted by Gasteiger charge is -2.56. The van der Waals surface area contributed by atoms with Crippen molar-refractivity contribution in [3.8, 4) is 0 Å². The minimum absolute atomic E-state index is 0.332. The fourth-order valence-electron chi connectivity index (χ4n) is 2.62. The third-order valence-corrected chi connectivity index (χ3v) is 8.47. The standard InChI is InChI=1S/C14H20N2O2S4/c1-11(2,15-7-17)13(21)6-5-9(19)14(22,10(13)20)12(3,4)16-8-18/h5-6,9-10,19-22H,1-4H3. The van der Waals surface area contributed by atoms with Gasteiger partial charge in [0.25, 0.3) is 0 Å². The molecule has 0 spiro atoms. The molecule has 4 atom stereocenters. The van der Waals surface area contributed by atoms with E-state index in [4.69, 9.17) is 37.9 Å². The molecule has 0 aliphatic heterocycles. The highest BCUT2D eigenvalue weighted by Gasteiger charge is 2.62. The van der Waals surface area contributed by atoms with Gasteiger partial charge in [0, 0.05) is 10.5 Å². The highest BCUT2D eigenvalue weighted by Crippen LogP contribution is 2.54. The second-order valence-corrected chi connectivity index (χ2v) is 8.93. The number of isocyanates is 2. The van der Waals surface area contributed by atoms with Crippen molar-refractivity contribution in [3.63, 3.8) is 0 Å². The number of hydrogen-bond acceptors (Lipinski definition) is 8. The van der Waals surface area contributed by atoms with Gasteiger partial charge in [-0.1, -0.05) is 12.2 Å². The van der Waals surface area contributed by atoms with Gasteiger partial charge in [-0.05, 0) is 27.7 Å². The second kappa shape index (κ2) is 6.42. The Morgan fingerprint density at radius 1 is 1.00 bits per heavy atom. The number of nitrogens with zero attached hydrogens (tertiary/aromatic N) is 2. The zero-order valence-corrected chi connectivity index (χ0v) is 16.4. The molecule has 0 bridgehead atoms. The van der Waals surface area contributed by atoms with Gasteiger partial charge in [0.2, 0.25) is 12.2 Å². The fraction of sp³-hybridized carbons (Fsp3) is 0.714. The van der Waals surface area contributed by atoms with E-state index in [-0.39, 0.29) is 5.25 Å². The first kappa shape index (κ1) is 19.9. The SMILES string of the molecule is CC(C)(N=C=O)C1(S)C=CC(S)C(S)(C(C)(C)N=C=O)C1S. The highest BCUT2D eigenvalue weighted by molar-refractivity contribution is 7.89. The van der Waals surface area contributed by atoms with Crippen LogP contribution in [0.25, 0.3) is 0 Å². The van der Waals surface area contributed by atoms with Crippen LogP contribution in [0.15, 0.2) is 22.1 Å². The Balaban J connectivity index is 3.58. The molecule has 1 aliphatic carbocycles. The third-order valence-electron chi connectivity index (χ3n) is 4.43. The maximum Gasteiger partial charge on any atom is 0.235 e. The molecule has 1 aliphatic rings. The number of aliphatic imine (C=N–C) groups is 2. The van der Waals surface area contributed by atoms with Crippen molar-refractivity contribution < 1.29 is 9.59 Å². The van der Waals surface area contributed by atoms with Gasteiger partial charge in [0.15, 0.2) is 0 Å². The monoisotopic (exact) mass is 376 g/mol. The molecule has 8 heteroatoms. The molecule has 0 radical (unpaired) electrons. The summed E-state index contributed by atoms with van der Waals surface area (Å²) in [5.74, 6) is 0. The molecule has 0 saturated heterocycles. The van der Waals surface area contributed by atoms with E-state index < -0.39 is 25.8 Å². The molecule has 0 aromatic carbocycles. The van der Waals surface area contributed by atoms with Crippen molar-refractivity contribution in [2.75, 3.05) is 0 Å². The Morgan fingerprint density at radius 2 is 1.45 bits per heavy atom. The average molecular weight is 377 g/mol. The van der Waals surface area contributed by atoms with Gasteiger partial charge >= 0.3 is 0 Å². The quantitative estimate of drug-likeness (QED) is 0.264. The molecule has 0 saturated carbocycles. The summed E-state index contributed by atoms with van der Waals surface area (Å²) in [4.78, 5) is 29.3. The summed E-state index contributed by atoms with van der Waals surface area (Å²) in [5.41, 5.74) is -1.79. The van der Waals surface area contributed by atoms with Crippen LogP contribution in [0.3, 0.4) is 0 Å². The summed E-state index contributed by atoms with van der Waals surface area (Å²) in [6.45, 7) is 7.06. The Kier molecular flexibility index (Phi) is 5.82. The number of hydrogen-bond donors (Lipinski definition) is 4. The summed E-state index contributed by atoms with van der Waals surface area (Å²) in [6.07, 6.45) is 6.81. The van der Waals surface area contributed by atoms with Crippen LogP contribution in [0.5, 0.6) is 0 Å². The van der Waals surface area contributed by atoms with Gasteiger partial charge in [0.1, 0.15) is 0 Å². The van der Waals surface area contributed by atoms with Crippen LogP contribution in [-0.2, 0) is 9.59 Å². The predicted octanol–water partition coefficient (Wildman–Crippen LogP) is 2.72. The first-order valence-corrected chi connectivity index (χ1v) is 8.51. The van der Waals surface area contributed by atoms with E-state index in [1.54, 1.807) is 39.9 Å². The van der Waals surface area contributed by atoms with Gasteiger partial charge in [-0.25, -0.2) is 9.59 Å². The maximum atomic E-state index is 10.8. The van der Waals surface area contributed by atoms with Crippen molar-refractivity contribution in [2.24, 2.45) is 9.98 Å². The molecular weight excluding hydrogens is 356 g/mol. The zero-order valence-electron chi connectivity index (χ0n) is 12.8. The smallest absolute Gasteiger partial charge is 0.211 e. The Hall–Kier alpha value is -0.100. The summed E-state index contributed by atoms with van der Waals surface area (Å²) in [6, 6.07) is 0. The highest BCUT2D eigenvalue weighted by atomic mass is 32.1. The molecule has 0 N–H and O–H groups in total. The first-order valence-electron chi connectivity index (χ1n) is 6.59. The lowest BCUT2D eigenvalue weighted by molar-refractivity contribution is 0.294. The van der Waals surface area contributed by atoms with Crippen molar-refractivity contribution in [2.45, 2.75) is 58.8 Å². The topological polar surface area (TPSA) is 58.9 Å². The van der Waals surface area contributed by atoms with E-state index in [9.17, 15) is 9.59 Å². The number of thiol groups is 4. The maximum absolute atomic E-state index is 10.8. The largest absolute Gasteiger partial charge is 0.235 e. The molecule has 0 fully saturated rings. The van der Waals surface area contributed by atoms with E-state index in [0.717, 1.165) is 0 Å². The minimum Gasteiger partial charge on any atom is -0.211 e. The van der Waals surface area contributed by atoms with Gasteiger partial charge in [-0.2, -0.15) is 60.5 Å². The van der Waals surface area contributed by atoms with Gasteiger partial charge < -0.3 is 0 Å². The summed E-state index contributed by atoms with van der Waals surface area (Å²) < 4.78 is -1.84. The molecule has 122 valence electrons. The molecule has 0 aromatic rings. The van der Waals surface area contributed by atoms with E-state index in [1.165, 1.54) is 0 Å². The van der Waals surface area contributed by atoms with Crippen LogP contribution < -0.4 is 0 Å². The lowest BCUT2D eigenvalue weighted by Crippen LogP contribution is -2.68. The second-order valence-electron chi connectivity index (χ2n) is 6.38. The normalized spacial score (nSPS) is 35.5.